The summed E-state index contributed by atoms with van der Waals surface area (Å²) in [7, 11) is 1.63. The van der Waals surface area contributed by atoms with Crippen molar-refractivity contribution in [3.05, 3.63) is 59.7 Å². The Hall–Kier alpha value is -2.29. The lowest BCUT2D eigenvalue weighted by molar-refractivity contribution is 0.0963. The molecule has 3 heteroatoms. The molecule has 0 aromatic heterocycles. The molecule has 3 atom stereocenters. The maximum Gasteiger partial charge on any atom is 0.251 e. The van der Waals surface area contributed by atoms with E-state index in [0.717, 1.165) is 29.3 Å². The number of fused-ring (bicyclic) bond motifs is 2. The Morgan fingerprint density at radius 2 is 1.62 bits per heavy atom. The molecule has 1 N–H and O–H groups in total. The van der Waals surface area contributed by atoms with Gasteiger partial charge >= 0.3 is 0 Å². The van der Waals surface area contributed by atoms with Crippen LogP contribution in [0.15, 0.2) is 48.5 Å². The highest BCUT2D eigenvalue weighted by Crippen LogP contribution is 2.52. The molecule has 1 unspecified atom stereocenters. The molecule has 2 fully saturated rings. The smallest absolute Gasteiger partial charge is 0.251 e. The van der Waals surface area contributed by atoms with Crippen LogP contribution in [-0.4, -0.2) is 13.0 Å². The van der Waals surface area contributed by atoms with Crippen molar-refractivity contribution < 1.29 is 9.53 Å². The Morgan fingerprint density at radius 3 is 2.17 bits per heavy atom. The molecule has 0 aliphatic heterocycles. The second kappa shape index (κ2) is 6.31. The number of amides is 1. The highest BCUT2D eigenvalue weighted by atomic mass is 16.5. The Labute approximate surface area is 143 Å². The normalized spacial score (nSPS) is 24.8. The summed E-state index contributed by atoms with van der Waals surface area (Å²) in [4.78, 5) is 11.5. The van der Waals surface area contributed by atoms with E-state index in [1.54, 1.807) is 19.2 Å². The first kappa shape index (κ1) is 15.3. The quantitative estimate of drug-likeness (QED) is 0.883. The zero-order valence-corrected chi connectivity index (χ0v) is 14.0. The molecular weight excluding hydrogens is 298 g/mol. The van der Waals surface area contributed by atoms with Crippen molar-refractivity contribution in [2.75, 3.05) is 7.05 Å². The molecule has 1 amide bonds. The van der Waals surface area contributed by atoms with E-state index in [1.165, 1.54) is 31.2 Å². The predicted octanol–water partition coefficient (Wildman–Crippen LogP) is 4.74. The van der Waals surface area contributed by atoms with E-state index in [4.69, 9.17) is 4.74 Å². The molecule has 0 radical (unpaired) electrons. The van der Waals surface area contributed by atoms with Gasteiger partial charge in [-0.05, 0) is 79.0 Å². The Balaban J connectivity index is 1.43. The molecule has 2 aliphatic carbocycles. The Morgan fingerprint density at radius 1 is 0.958 bits per heavy atom. The first-order chi connectivity index (χ1) is 11.7. The van der Waals surface area contributed by atoms with Gasteiger partial charge < -0.3 is 10.1 Å². The third-order valence-corrected chi connectivity index (χ3v) is 5.63. The summed E-state index contributed by atoms with van der Waals surface area (Å²) in [6.07, 6.45) is 5.64. The maximum absolute atomic E-state index is 11.5. The number of hydrogen-bond donors (Lipinski definition) is 1. The zero-order chi connectivity index (χ0) is 16.5. The number of nitrogens with one attached hydrogen (secondary N) is 1. The SMILES string of the molecule is CNC(=O)c1ccc(Oc2ccc(C3C[C@@H]4CC[C@H]3C4)cc2)cc1. The fourth-order valence-electron chi connectivity index (χ4n) is 4.39. The lowest BCUT2D eigenvalue weighted by atomic mass is 9.83. The summed E-state index contributed by atoms with van der Waals surface area (Å²) in [5, 5.41) is 2.61. The molecule has 24 heavy (non-hydrogen) atoms. The molecule has 124 valence electrons. The van der Waals surface area contributed by atoms with Crippen molar-refractivity contribution in [2.24, 2.45) is 11.8 Å². The van der Waals surface area contributed by atoms with Crippen LogP contribution in [-0.2, 0) is 0 Å². The number of ether oxygens (including phenoxy) is 1. The first-order valence-electron chi connectivity index (χ1n) is 8.83. The van der Waals surface area contributed by atoms with Gasteiger partial charge in [0.2, 0.25) is 0 Å². The number of hydrogen-bond acceptors (Lipinski definition) is 2. The van der Waals surface area contributed by atoms with Gasteiger partial charge in [-0.2, -0.15) is 0 Å². The summed E-state index contributed by atoms with van der Waals surface area (Å²) < 4.78 is 5.89. The third kappa shape index (κ3) is 2.91. The molecular formula is C21H23NO2. The predicted molar refractivity (Wildman–Crippen MR) is 94.5 cm³/mol. The maximum atomic E-state index is 11.5. The van der Waals surface area contributed by atoms with Crippen LogP contribution in [0.1, 0.15) is 47.5 Å². The topological polar surface area (TPSA) is 38.3 Å². The summed E-state index contributed by atoms with van der Waals surface area (Å²) in [5.41, 5.74) is 2.10. The van der Waals surface area contributed by atoms with Gasteiger partial charge in [-0.3, -0.25) is 4.79 Å². The van der Waals surface area contributed by atoms with Crippen molar-refractivity contribution in [3.8, 4) is 11.5 Å². The van der Waals surface area contributed by atoms with Crippen LogP contribution in [0.4, 0.5) is 0 Å². The molecule has 0 saturated heterocycles. The van der Waals surface area contributed by atoms with Crippen LogP contribution >= 0.6 is 0 Å². The minimum Gasteiger partial charge on any atom is -0.457 e. The highest BCUT2D eigenvalue weighted by Gasteiger charge is 2.39. The molecule has 2 saturated carbocycles. The minimum absolute atomic E-state index is 0.0863. The summed E-state index contributed by atoms with van der Waals surface area (Å²) in [6, 6.07) is 15.8. The lowest BCUT2D eigenvalue weighted by Gasteiger charge is -2.22. The molecule has 2 aliphatic rings. The van der Waals surface area contributed by atoms with Gasteiger partial charge in [0.1, 0.15) is 11.5 Å². The Bertz CT molecular complexity index is 721. The van der Waals surface area contributed by atoms with Crippen LogP contribution in [0.5, 0.6) is 11.5 Å². The summed E-state index contributed by atoms with van der Waals surface area (Å²) in [5.74, 6) is 4.13. The number of carbonyl (C=O) groups excluding carboxylic acids is 1. The fraction of sp³-hybridized carbons (Fsp3) is 0.381. The second-order valence-electron chi connectivity index (χ2n) is 7.06. The van der Waals surface area contributed by atoms with Crippen LogP contribution in [0.3, 0.4) is 0 Å². The van der Waals surface area contributed by atoms with E-state index in [9.17, 15) is 4.79 Å². The van der Waals surface area contributed by atoms with Crippen molar-refractivity contribution in [1.82, 2.24) is 5.32 Å². The fourth-order valence-corrected chi connectivity index (χ4v) is 4.39. The van der Waals surface area contributed by atoms with E-state index in [2.05, 4.69) is 29.6 Å². The van der Waals surface area contributed by atoms with Crippen molar-refractivity contribution in [3.63, 3.8) is 0 Å². The average molecular weight is 321 g/mol. The molecule has 2 bridgehead atoms. The van der Waals surface area contributed by atoms with Crippen LogP contribution < -0.4 is 10.1 Å². The van der Waals surface area contributed by atoms with E-state index in [-0.39, 0.29) is 5.91 Å². The van der Waals surface area contributed by atoms with Crippen molar-refractivity contribution >= 4 is 5.91 Å². The summed E-state index contributed by atoms with van der Waals surface area (Å²) >= 11 is 0. The zero-order valence-electron chi connectivity index (χ0n) is 14.0. The van der Waals surface area contributed by atoms with E-state index in [1.807, 2.05) is 12.1 Å². The van der Waals surface area contributed by atoms with E-state index >= 15 is 0 Å². The second-order valence-corrected chi connectivity index (χ2v) is 7.06. The number of benzene rings is 2. The van der Waals surface area contributed by atoms with Gasteiger partial charge in [-0.1, -0.05) is 18.6 Å². The molecule has 2 aromatic carbocycles. The summed E-state index contributed by atoms with van der Waals surface area (Å²) in [6.45, 7) is 0. The molecule has 4 rings (SSSR count). The minimum atomic E-state index is -0.0863. The van der Waals surface area contributed by atoms with Gasteiger partial charge in [0, 0.05) is 12.6 Å². The first-order valence-corrected chi connectivity index (χ1v) is 8.83. The highest BCUT2D eigenvalue weighted by molar-refractivity contribution is 5.94. The van der Waals surface area contributed by atoms with Crippen LogP contribution in [0.25, 0.3) is 0 Å². The largest absolute Gasteiger partial charge is 0.457 e. The van der Waals surface area contributed by atoms with Gasteiger partial charge in [-0.15, -0.1) is 0 Å². The van der Waals surface area contributed by atoms with Crippen LogP contribution in [0.2, 0.25) is 0 Å². The monoisotopic (exact) mass is 321 g/mol. The number of rotatable bonds is 4. The standard InChI is InChI=1S/C21H23NO2/c1-22-21(23)16-6-10-19(11-7-16)24-18-8-4-15(5-9-18)20-13-14-2-3-17(20)12-14/h4-11,14,17,20H,2-3,12-13H2,1H3,(H,22,23)/t14-,17+,20?/m1/s1. The van der Waals surface area contributed by atoms with E-state index < -0.39 is 0 Å². The molecule has 3 nitrogen and oxygen atoms in total. The molecule has 0 spiro atoms. The van der Waals surface area contributed by atoms with Gasteiger partial charge in [0.05, 0.1) is 0 Å². The van der Waals surface area contributed by atoms with Gasteiger partial charge in [0.15, 0.2) is 0 Å². The average Bonchev–Trinajstić information content (AvgIpc) is 3.26. The Kier molecular flexibility index (Phi) is 4.01. The third-order valence-electron chi connectivity index (χ3n) is 5.63. The van der Waals surface area contributed by atoms with Gasteiger partial charge in [0.25, 0.3) is 5.91 Å². The van der Waals surface area contributed by atoms with Crippen molar-refractivity contribution in [1.29, 1.82) is 0 Å². The van der Waals surface area contributed by atoms with E-state index in [0.29, 0.717) is 5.56 Å². The van der Waals surface area contributed by atoms with Gasteiger partial charge in [-0.25, -0.2) is 0 Å². The number of carbonyl (C=O) groups is 1. The molecule has 2 aromatic rings. The molecule has 0 heterocycles. The van der Waals surface area contributed by atoms with Crippen molar-refractivity contribution in [2.45, 2.75) is 31.6 Å². The van der Waals surface area contributed by atoms with Crippen LogP contribution in [0, 0.1) is 11.8 Å². The lowest BCUT2D eigenvalue weighted by Crippen LogP contribution is -2.17.